The van der Waals surface area contributed by atoms with Gasteiger partial charge in [0.2, 0.25) is 0 Å². The zero-order valence-electron chi connectivity index (χ0n) is 44.6. The second-order valence-corrected chi connectivity index (χ2v) is 21.9. The van der Waals surface area contributed by atoms with Crippen LogP contribution in [0.3, 0.4) is 0 Å². The Kier molecular flexibility index (Phi) is 11.1. The maximum absolute atomic E-state index is 6.92. The molecule has 2 nitrogen and oxygen atoms in total. The molecule has 80 heavy (non-hydrogen) atoms. The molecule has 0 amide bonds. The summed E-state index contributed by atoms with van der Waals surface area (Å²) in [4.78, 5) is 2.48. The second kappa shape index (κ2) is 18.9. The molecule has 1 aliphatic heterocycles. The van der Waals surface area contributed by atoms with Crippen LogP contribution in [0.2, 0.25) is 0 Å². The summed E-state index contributed by atoms with van der Waals surface area (Å²) in [5, 5.41) is 4.64. The van der Waals surface area contributed by atoms with Gasteiger partial charge in [-0.15, -0.1) is 0 Å². The molecule has 0 radical (unpaired) electrons. The summed E-state index contributed by atoms with van der Waals surface area (Å²) in [6.45, 7) is 4.62. The molecule has 2 heteroatoms. The lowest BCUT2D eigenvalue weighted by Gasteiger charge is -2.35. The predicted octanol–water partition coefficient (Wildman–Crippen LogP) is 20.9. The fourth-order valence-electron chi connectivity index (χ4n) is 13.4. The average molecular weight is 1020 g/mol. The van der Waals surface area contributed by atoms with Crippen molar-refractivity contribution in [3.63, 3.8) is 0 Å². The summed E-state index contributed by atoms with van der Waals surface area (Å²) in [5.41, 5.74) is 21.9. The SMILES string of the molecule is CC1(C)c2ccccc2Oc2c(-c3ccc(N(c4ccc(-c5ccc(-c6ccccc6)cc5)cc4)c4ccc(-c5ccc6c(c5)C(c5ccccc5)(c5ccccc5)c5ccccc5-6)c5ccccc45)c4ccccc34)cccc21. The third-order valence-corrected chi connectivity index (χ3v) is 17.3. The number of hydrogen-bond acceptors (Lipinski definition) is 2. The largest absolute Gasteiger partial charge is 0.456 e. The van der Waals surface area contributed by atoms with Gasteiger partial charge in [0.05, 0.1) is 16.8 Å². The van der Waals surface area contributed by atoms with Crippen molar-refractivity contribution in [2.24, 2.45) is 0 Å². The monoisotopic (exact) mass is 1020 g/mol. The fraction of sp³-hybridized carbons (Fsp3) is 0.0513. The molecular weight excluding hydrogens is 967 g/mol. The molecule has 1 heterocycles. The number of para-hydroxylation sites is 2. The van der Waals surface area contributed by atoms with Crippen LogP contribution in [0.15, 0.2) is 297 Å². The van der Waals surface area contributed by atoms with Crippen LogP contribution < -0.4 is 9.64 Å². The zero-order valence-corrected chi connectivity index (χ0v) is 44.6. The smallest absolute Gasteiger partial charge is 0.139 e. The van der Waals surface area contributed by atoms with Gasteiger partial charge in [-0.05, 0) is 119 Å². The van der Waals surface area contributed by atoms with Crippen molar-refractivity contribution in [3.8, 4) is 67.1 Å². The molecule has 0 fully saturated rings. The van der Waals surface area contributed by atoms with E-state index in [9.17, 15) is 0 Å². The quantitative estimate of drug-likeness (QED) is 0.143. The third-order valence-electron chi connectivity index (χ3n) is 17.3. The minimum atomic E-state index is -0.508. The maximum Gasteiger partial charge on any atom is 0.139 e. The predicted molar refractivity (Wildman–Crippen MR) is 334 cm³/mol. The molecule has 15 rings (SSSR count). The molecule has 0 aromatic heterocycles. The summed E-state index contributed by atoms with van der Waals surface area (Å²) in [6.07, 6.45) is 0. The lowest BCUT2D eigenvalue weighted by molar-refractivity contribution is 0.419. The van der Waals surface area contributed by atoms with Gasteiger partial charge in [0, 0.05) is 38.6 Å². The standard InChI is InChI=1S/C78H55NO/c1-77(2)70-34-18-19-36-75(70)80-76-68(32-20-35-71(76)77)63-48-50-74(67-31-15-13-28-62(63)67)79(59-44-41-55(42-45-59)54-39-37-53(38-40-54)52-21-6-3-7-22-52)73-49-47-60(61-27-12-14-30-66(61)73)56-43-46-65-64-29-16-17-33-69(64)78(72(65)51-56,57-23-8-4-9-24-57)58-25-10-5-11-26-58/h3-51H,1-2H3. The Balaban J connectivity index is 0.908. The molecule has 0 saturated carbocycles. The molecule has 0 atom stereocenters. The third kappa shape index (κ3) is 7.40. The van der Waals surface area contributed by atoms with Crippen molar-refractivity contribution in [3.05, 3.63) is 331 Å². The highest BCUT2D eigenvalue weighted by Crippen LogP contribution is 2.58. The van der Waals surface area contributed by atoms with Crippen molar-refractivity contribution in [2.75, 3.05) is 4.90 Å². The van der Waals surface area contributed by atoms with Crippen LogP contribution in [-0.2, 0) is 10.8 Å². The fourth-order valence-corrected chi connectivity index (χ4v) is 13.4. The van der Waals surface area contributed by atoms with Gasteiger partial charge in [0.25, 0.3) is 0 Å². The van der Waals surface area contributed by atoms with Crippen LogP contribution in [0.5, 0.6) is 11.5 Å². The van der Waals surface area contributed by atoms with Crippen LogP contribution >= 0.6 is 0 Å². The lowest BCUT2D eigenvalue weighted by Crippen LogP contribution is -2.28. The number of hydrogen-bond donors (Lipinski definition) is 0. The van der Waals surface area contributed by atoms with E-state index in [2.05, 4.69) is 316 Å². The molecule has 0 bridgehead atoms. The molecule has 0 N–H and O–H groups in total. The summed E-state index contributed by atoms with van der Waals surface area (Å²) >= 11 is 0. The Morgan fingerprint density at radius 2 is 0.725 bits per heavy atom. The molecule has 1 aliphatic carbocycles. The highest BCUT2D eigenvalue weighted by atomic mass is 16.5. The van der Waals surface area contributed by atoms with Gasteiger partial charge in [0.15, 0.2) is 0 Å². The van der Waals surface area contributed by atoms with Crippen LogP contribution in [0, 0.1) is 0 Å². The minimum Gasteiger partial charge on any atom is -0.456 e. The number of rotatable bonds is 9. The van der Waals surface area contributed by atoms with Gasteiger partial charge in [0.1, 0.15) is 11.5 Å². The Morgan fingerprint density at radius 3 is 1.36 bits per heavy atom. The highest BCUT2D eigenvalue weighted by Gasteiger charge is 2.46. The van der Waals surface area contributed by atoms with E-state index in [1.165, 1.54) is 77.7 Å². The van der Waals surface area contributed by atoms with Crippen molar-refractivity contribution in [2.45, 2.75) is 24.7 Å². The first kappa shape index (κ1) is 47.2. The van der Waals surface area contributed by atoms with Gasteiger partial charge in [-0.2, -0.15) is 0 Å². The Labute approximate surface area is 468 Å². The molecule has 0 spiro atoms. The van der Waals surface area contributed by atoms with Crippen molar-refractivity contribution < 1.29 is 4.74 Å². The van der Waals surface area contributed by atoms with E-state index in [4.69, 9.17) is 4.74 Å². The molecule has 13 aromatic rings. The molecular formula is C78H55NO. The van der Waals surface area contributed by atoms with Crippen LogP contribution in [0.1, 0.15) is 47.2 Å². The van der Waals surface area contributed by atoms with E-state index < -0.39 is 5.41 Å². The van der Waals surface area contributed by atoms with E-state index in [1.807, 2.05) is 0 Å². The molecule has 0 unspecified atom stereocenters. The van der Waals surface area contributed by atoms with E-state index in [-0.39, 0.29) is 5.41 Å². The first-order chi connectivity index (χ1) is 39.4. The van der Waals surface area contributed by atoms with Crippen molar-refractivity contribution in [1.29, 1.82) is 0 Å². The number of nitrogens with zero attached hydrogens (tertiary/aromatic N) is 1. The van der Waals surface area contributed by atoms with Gasteiger partial charge < -0.3 is 9.64 Å². The summed E-state index contributed by atoms with van der Waals surface area (Å²) in [6, 6.07) is 109. The van der Waals surface area contributed by atoms with Crippen molar-refractivity contribution >= 4 is 38.6 Å². The van der Waals surface area contributed by atoms with E-state index >= 15 is 0 Å². The zero-order chi connectivity index (χ0) is 53.4. The van der Waals surface area contributed by atoms with E-state index in [0.717, 1.165) is 61.4 Å². The topological polar surface area (TPSA) is 12.5 Å². The lowest BCUT2D eigenvalue weighted by atomic mass is 9.67. The van der Waals surface area contributed by atoms with E-state index in [0.29, 0.717) is 0 Å². The Bertz CT molecular complexity index is 4460. The first-order valence-electron chi connectivity index (χ1n) is 27.8. The van der Waals surface area contributed by atoms with Gasteiger partial charge in [-0.1, -0.05) is 275 Å². The minimum absolute atomic E-state index is 0.242. The summed E-state index contributed by atoms with van der Waals surface area (Å²) < 4.78 is 6.92. The van der Waals surface area contributed by atoms with Gasteiger partial charge in [-0.3, -0.25) is 0 Å². The number of ether oxygens (including phenoxy) is 1. The van der Waals surface area contributed by atoms with Gasteiger partial charge >= 0.3 is 0 Å². The highest BCUT2D eigenvalue weighted by molar-refractivity contribution is 6.12. The number of fused-ring (bicyclic) bond motifs is 7. The summed E-state index contributed by atoms with van der Waals surface area (Å²) in [5.74, 6) is 1.83. The second-order valence-electron chi connectivity index (χ2n) is 21.9. The van der Waals surface area contributed by atoms with Crippen LogP contribution in [-0.4, -0.2) is 0 Å². The first-order valence-corrected chi connectivity index (χ1v) is 27.8. The Hall–Kier alpha value is -10.0. The molecule has 378 valence electrons. The van der Waals surface area contributed by atoms with Crippen molar-refractivity contribution in [1.82, 2.24) is 0 Å². The Morgan fingerprint density at radius 1 is 0.287 bits per heavy atom. The summed E-state index contributed by atoms with van der Waals surface area (Å²) in [7, 11) is 0. The van der Waals surface area contributed by atoms with Crippen LogP contribution in [0.4, 0.5) is 17.1 Å². The molecule has 2 aliphatic rings. The van der Waals surface area contributed by atoms with Crippen LogP contribution in [0.25, 0.3) is 77.2 Å². The normalized spacial score (nSPS) is 13.4. The van der Waals surface area contributed by atoms with Gasteiger partial charge in [-0.25, -0.2) is 0 Å². The molecule has 13 aromatic carbocycles. The number of benzene rings is 13. The molecule has 0 saturated heterocycles. The maximum atomic E-state index is 6.92. The van der Waals surface area contributed by atoms with E-state index in [1.54, 1.807) is 0 Å². The average Bonchev–Trinajstić information content (AvgIpc) is 4.04. The number of anilines is 3.